The van der Waals surface area contributed by atoms with Gasteiger partial charge in [0.05, 0.1) is 18.7 Å². The van der Waals surface area contributed by atoms with Crippen molar-refractivity contribution in [2.75, 3.05) is 19.6 Å². The van der Waals surface area contributed by atoms with Crippen molar-refractivity contribution in [2.45, 2.75) is 32.2 Å². The lowest BCUT2D eigenvalue weighted by atomic mass is 10.0. The zero-order valence-electron chi connectivity index (χ0n) is 14.9. The Balaban J connectivity index is 1.49. The number of rotatable bonds is 6. The Morgan fingerprint density at radius 1 is 1.35 bits per heavy atom. The van der Waals surface area contributed by atoms with Crippen LogP contribution in [0, 0.1) is 6.92 Å². The molecule has 0 spiro atoms. The summed E-state index contributed by atoms with van der Waals surface area (Å²) in [6.07, 6.45) is 1.97. The van der Waals surface area contributed by atoms with Gasteiger partial charge in [-0.05, 0) is 25.8 Å². The molecule has 7 heteroatoms. The number of aromatic nitrogens is 1. The van der Waals surface area contributed by atoms with E-state index in [2.05, 4.69) is 29.4 Å². The van der Waals surface area contributed by atoms with E-state index in [9.17, 15) is 9.59 Å². The Hall–Kier alpha value is -2.25. The highest BCUT2D eigenvalue weighted by Gasteiger charge is 2.21. The first kappa shape index (κ1) is 18.5. The Kier molecular flexibility index (Phi) is 6.00. The molecule has 0 radical (unpaired) electrons. The van der Waals surface area contributed by atoms with E-state index in [0.29, 0.717) is 13.0 Å². The average Bonchev–Trinajstić information content (AvgIpc) is 3.04. The number of aryl methyl sites for hydroxylation is 1. The minimum atomic E-state index is -0.305. The van der Waals surface area contributed by atoms with E-state index >= 15 is 0 Å². The number of primary amides is 1. The maximum absolute atomic E-state index is 12.3. The van der Waals surface area contributed by atoms with Crippen LogP contribution in [0.4, 0.5) is 0 Å². The van der Waals surface area contributed by atoms with Gasteiger partial charge in [0.1, 0.15) is 5.01 Å². The first-order chi connectivity index (χ1) is 12.5. The van der Waals surface area contributed by atoms with Crippen molar-refractivity contribution in [3.05, 3.63) is 40.9 Å². The Bertz CT molecular complexity index is 781. The van der Waals surface area contributed by atoms with E-state index in [4.69, 9.17) is 5.73 Å². The first-order valence-electron chi connectivity index (χ1n) is 8.81. The molecular formula is C19H24N4O2S. The predicted octanol–water partition coefficient (Wildman–Crippen LogP) is 1.73. The van der Waals surface area contributed by atoms with Crippen LogP contribution in [0.2, 0.25) is 0 Å². The van der Waals surface area contributed by atoms with Crippen LogP contribution in [0.1, 0.15) is 24.1 Å². The number of nitrogens with zero attached hydrogens (tertiary/aromatic N) is 2. The van der Waals surface area contributed by atoms with E-state index in [1.807, 2.05) is 22.4 Å². The summed E-state index contributed by atoms with van der Waals surface area (Å²) >= 11 is 1.56. The fourth-order valence-electron chi connectivity index (χ4n) is 3.20. The molecule has 138 valence electrons. The average molecular weight is 372 g/mol. The van der Waals surface area contributed by atoms with Crippen LogP contribution in [-0.4, -0.2) is 47.4 Å². The standard InChI is InChI=1S/C19H24N4O2S/c1-13-3-2-4-14(9-13)19-22-16(12-26-19)10-18(25)21-15-5-7-23(8-6-15)11-17(20)24/h2-4,9,12,15H,5-8,10-11H2,1H3,(H2,20,24)(H,21,25). The van der Waals surface area contributed by atoms with Crippen LogP contribution >= 0.6 is 11.3 Å². The smallest absolute Gasteiger partial charge is 0.231 e. The van der Waals surface area contributed by atoms with Gasteiger partial charge in [-0.3, -0.25) is 14.5 Å². The van der Waals surface area contributed by atoms with Gasteiger partial charge in [0.2, 0.25) is 11.8 Å². The summed E-state index contributed by atoms with van der Waals surface area (Å²) in [5.74, 6) is -0.306. The number of thiazole rings is 1. The first-order valence-corrected chi connectivity index (χ1v) is 9.69. The lowest BCUT2D eigenvalue weighted by Crippen LogP contribution is -2.47. The highest BCUT2D eigenvalue weighted by molar-refractivity contribution is 7.13. The Labute approximate surface area is 157 Å². The molecule has 2 heterocycles. The van der Waals surface area contributed by atoms with Crippen molar-refractivity contribution in [1.29, 1.82) is 0 Å². The van der Waals surface area contributed by atoms with Gasteiger partial charge in [-0.15, -0.1) is 11.3 Å². The fraction of sp³-hybridized carbons (Fsp3) is 0.421. The van der Waals surface area contributed by atoms with Gasteiger partial charge >= 0.3 is 0 Å². The molecule has 3 N–H and O–H groups in total. The highest BCUT2D eigenvalue weighted by atomic mass is 32.1. The van der Waals surface area contributed by atoms with Gasteiger partial charge in [-0.2, -0.15) is 0 Å². The molecule has 0 unspecified atom stereocenters. The minimum absolute atomic E-state index is 0.000515. The van der Waals surface area contributed by atoms with Crippen LogP contribution < -0.4 is 11.1 Å². The molecule has 0 atom stereocenters. The van der Waals surface area contributed by atoms with Gasteiger partial charge in [0.15, 0.2) is 0 Å². The van der Waals surface area contributed by atoms with Crippen molar-refractivity contribution < 1.29 is 9.59 Å². The summed E-state index contributed by atoms with van der Waals surface area (Å²) in [5.41, 5.74) is 8.30. The molecular weight excluding hydrogens is 348 g/mol. The Morgan fingerprint density at radius 3 is 2.81 bits per heavy atom. The topological polar surface area (TPSA) is 88.3 Å². The van der Waals surface area contributed by atoms with Gasteiger partial charge in [0, 0.05) is 30.1 Å². The second-order valence-corrected chi connectivity index (χ2v) is 7.63. The SMILES string of the molecule is Cc1cccc(-c2nc(CC(=O)NC3CCN(CC(N)=O)CC3)cs2)c1. The predicted molar refractivity (Wildman–Crippen MR) is 103 cm³/mol. The molecule has 0 aliphatic carbocycles. The highest BCUT2D eigenvalue weighted by Crippen LogP contribution is 2.24. The maximum atomic E-state index is 12.3. The zero-order chi connectivity index (χ0) is 18.5. The van der Waals surface area contributed by atoms with Crippen LogP contribution in [0.25, 0.3) is 10.6 Å². The number of likely N-dealkylation sites (tertiary alicyclic amines) is 1. The lowest BCUT2D eigenvalue weighted by molar-refractivity contribution is -0.122. The molecule has 1 aliphatic heterocycles. The van der Waals surface area contributed by atoms with Crippen molar-refractivity contribution in [3.8, 4) is 10.6 Å². The molecule has 1 saturated heterocycles. The number of nitrogens with one attached hydrogen (secondary N) is 1. The number of carbonyl (C=O) groups is 2. The third-order valence-corrected chi connectivity index (χ3v) is 5.43. The maximum Gasteiger partial charge on any atom is 0.231 e. The quantitative estimate of drug-likeness (QED) is 0.808. The third-order valence-electron chi connectivity index (χ3n) is 4.49. The monoisotopic (exact) mass is 372 g/mol. The number of nitrogens with two attached hydrogens (primary N) is 1. The summed E-state index contributed by atoms with van der Waals surface area (Å²) in [7, 11) is 0. The molecule has 26 heavy (non-hydrogen) atoms. The number of carbonyl (C=O) groups excluding carboxylic acids is 2. The van der Waals surface area contributed by atoms with Crippen LogP contribution in [0.3, 0.4) is 0 Å². The molecule has 3 rings (SSSR count). The second kappa shape index (κ2) is 8.42. The largest absolute Gasteiger partial charge is 0.369 e. The van der Waals surface area contributed by atoms with Crippen molar-refractivity contribution >= 4 is 23.2 Å². The van der Waals surface area contributed by atoms with Crippen molar-refractivity contribution in [3.63, 3.8) is 0 Å². The summed E-state index contributed by atoms with van der Waals surface area (Å²) in [4.78, 5) is 29.9. The summed E-state index contributed by atoms with van der Waals surface area (Å²) in [6.45, 7) is 3.91. The zero-order valence-corrected chi connectivity index (χ0v) is 15.7. The number of amides is 2. The van der Waals surface area contributed by atoms with E-state index in [0.717, 1.165) is 42.2 Å². The van der Waals surface area contributed by atoms with E-state index in [1.54, 1.807) is 11.3 Å². The molecule has 1 fully saturated rings. The van der Waals surface area contributed by atoms with Crippen LogP contribution in [-0.2, 0) is 16.0 Å². The fourth-order valence-corrected chi connectivity index (χ4v) is 4.01. The third kappa shape index (κ3) is 5.12. The van der Waals surface area contributed by atoms with E-state index in [1.165, 1.54) is 5.56 Å². The number of benzene rings is 1. The molecule has 2 amide bonds. The molecule has 0 saturated carbocycles. The molecule has 0 bridgehead atoms. The number of piperidine rings is 1. The van der Waals surface area contributed by atoms with Crippen molar-refractivity contribution in [1.82, 2.24) is 15.2 Å². The van der Waals surface area contributed by atoms with Gasteiger partial charge in [-0.1, -0.05) is 23.8 Å². The van der Waals surface area contributed by atoms with Gasteiger partial charge < -0.3 is 11.1 Å². The lowest BCUT2D eigenvalue weighted by Gasteiger charge is -2.31. The summed E-state index contributed by atoms with van der Waals surface area (Å²) in [6, 6.07) is 8.36. The second-order valence-electron chi connectivity index (χ2n) is 6.77. The summed E-state index contributed by atoms with van der Waals surface area (Å²) < 4.78 is 0. The van der Waals surface area contributed by atoms with Crippen LogP contribution in [0.5, 0.6) is 0 Å². The minimum Gasteiger partial charge on any atom is -0.369 e. The van der Waals surface area contributed by atoms with Gasteiger partial charge in [0.25, 0.3) is 0 Å². The normalized spacial score (nSPS) is 15.7. The number of hydrogen-bond donors (Lipinski definition) is 2. The van der Waals surface area contributed by atoms with E-state index < -0.39 is 0 Å². The van der Waals surface area contributed by atoms with Crippen LogP contribution in [0.15, 0.2) is 29.6 Å². The summed E-state index contributed by atoms with van der Waals surface area (Å²) in [5, 5.41) is 5.97. The molecule has 1 aliphatic rings. The van der Waals surface area contributed by atoms with Gasteiger partial charge in [-0.25, -0.2) is 4.98 Å². The van der Waals surface area contributed by atoms with Crippen molar-refractivity contribution in [2.24, 2.45) is 5.73 Å². The molecule has 1 aromatic carbocycles. The van der Waals surface area contributed by atoms with E-state index in [-0.39, 0.29) is 17.9 Å². The molecule has 2 aromatic rings. The number of hydrogen-bond acceptors (Lipinski definition) is 5. The Morgan fingerprint density at radius 2 is 2.12 bits per heavy atom. The molecule has 1 aromatic heterocycles. The molecule has 6 nitrogen and oxygen atoms in total.